The summed E-state index contributed by atoms with van der Waals surface area (Å²) in [6.07, 6.45) is -5.71. The van der Waals surface area contributed by atoms with E-state index in [2.05, 4.69) is 5.32 Å². The van der Waals surface area contributed by atoms with E-state index in [-0.39, 0.29) is 24.6 Å². The van der Waals surface area contributed by atoms with Gasteiger partial charge in [-0.2, -0.15) is 13.2 Å². The Morgan fingerprint density at radius 2 is 2.17 bits per heavy atom. The molecule has 0 spiro atoms. The summed E-state index contributed by atoms with van der Waals surface area (Å²) in [6, 6.07) is 4.29. The molecular weight excluding hydrogens is 327 g/mol. The molecule has 0 bridgehead atoms. The Morgan fingerprint density at radius 3 is 2.83 bits per heavy atom. The van der Waals surface area contributed by atoms with Gasteiger partial charge in [0.2, 0.25) is 5.91 Å². The summed E-state index contributed by atoms with van der Waals surface area (Å²) >= 11 is 0. The molecule has 3 N–H and O–H groups in total. The largest absolute Gasteiger partial charge is 0.416 e. The Hall–Kier alpha value is -2.13. The monoisotopic (exact) mass is 345 g/mol. The predicted molar refractivity (Wildman–Crippen MR) is 80.1 cm³/mol. The van der Waals surface area contributed by atoms with Crippen molar-refractivity contribution in [3.63, 3.8) is 0 Å². The number of benzene rings is 1. The number of halogens is 3. The summed E-state index contributed by atoms with van der Waals surface area (Å²) in [5.41, 5.74) is 4.56. The van der Waals surface area contributed by atoms with E-state index in [0.29, 0.717) is 19.6 Å². The van der Waals surface area contributed by atoms with Crippen molar-refractivity contribution in [3.05, 3.63) is 29.8 Å². The fourth-order valence-electron chi connectivity index (χ4n) is 2.37. The van der Waals surface area contributed by atoms with Crippen LogP contribution in [0.25, 0.3) is 0 Å². The molecule has 0 saturated carbocycles. The smallest absolute Gasteiger partial charge is 0.366 e. The lowest BCUT2D eigenvalue weighted by Gasteiger charge is -2.31. The van der Waals surface area contributed by atoms with E-state index in [1.165, 1.54) is 17.0 Å². The second-order valence-electron chi connectivity index (χ2n) is 5.30. The van der Waals surface area contributed by atoms with Crippen LogP contribution < -0.4 is 11.1 Å². The van der Waals surface area contributed by atoms with Crippen LogP contribution in [-0.2, 0) is 20.5 Å². The first kappa shape index (κ1) is 18.2. The summed E-state index contributed by atoms with van der Waals surface area (Å²) in [5.74, 6) is -0.937. The molecule has 1 aliphatic heterocycles. The van der Waals surface area contributed by atoms with E-state index in [0.717, 1.165) is 12.1 Å². The Labute approximate surface area is 136 Å². The summed E-state index contributed by atoms with van der Waals surface area (Å²) in [7, 11) is 0. The van der Waals surface area contributed by atoms with Crippen molar-refractivity contribution < 1.29 is 27.5 Å². The van der Waals surface area contributed by atoms with Gasteiger partial charge in [-0.1, -0.05) is 6.07 Å². The molecule has 0 aliphatic carbocycles. The summed E-state index contributed by atoms with van der Waals surface area (Å²) in [6.45, 7) is 1.36. The van der Waals surface area contributed by atoms with Gasteiger partial charge < -0.3 is 20.7 Å². The van der Waals surface area contributed by atoms with Gasteiger partial charge in [-0.15, -0.1) is 0 Å². The van der Waals surface area contributed by atoms with E-state index < -0.39 is 23.8 Å². The van der Waals surface area contributed by atoms with Crippen molar-refractivity contribution >= 4 is 17.5 Å². The summed E-state index contributed by atoms with van der Waals surface area (Å²) in [4.78, 5) is 25.6. The topological polar surface area (TPSA) is 84.7 Å². The molecule has 0 radical (unpaired) electrons. The number of carbonyl (C=O) groups excluding carboxylic acids is 2. The Balaban J connectivity index is 1.97. The van der Waals surface area contributed by atoms with Gasteiger partial charge in [0.15, 0.2) is 0 Å². The average Bonchev–Trinajstić information content (AvgIpc) is 2.51. The molecule has 1 aromatic rings. The number of nitrogens with one attached hydrogen (secondary N) is 1. The van der Waals surface area contributed by atoms with Gasteiger partial charge >= 0.3 is 6.18 Å². The zero-order valence-electron chi connectivity index (χ0n) is 12.8. The average molecular weight is 345 g/mol. The minimum atomic E-state index is -4.49. The number of hydrogen-bond donors (Lipinski definition) is 2. The van der Waals surface area contributed by atoms with Crippen LogP contribution in [0.15, 0.2) is 24.3 Å². The highest BCUT2D eigenvalue weighted by Crippen LogP contribution is 2.30. The number of rotatable bonds is 5. The lowest BCUT2D eigenvalue weighted by Crippen LogP contribution is -2.50. The van der Waals surface area contributed by atoms with Crippen LogP contribution in [0.2, 0.25) is 0 Å². The van der Waals surface area contributed by atoms with Crippen LogP contribution in [0.3, 0.4) is 0 Å². The highest BCUT2D eigenvalue weighted by atomic mass is 19.4. The second-order valence-corrected chi connectivity index (χ2v) is 5.30. The van der Waals surface area contributed by atoms with Crippen molar-refractivity contribution in [1.29, 1.82) is 0 Å². The number of hydrogen-bond acceptors (Lipinski definition) is 4. The van der Waals surface area contributed by atoms with Crippen molar-refractivity contribution in [2.45, 2.75) is 18.7 Å². The molecule has 132 valence electrons. The van der Waals surface area contributed by atoms with Crippen molar-refractivity contribution in [3.8, 4) is 0 Å². The van der Waals surface area contributed by atoms with E-state index in [1.807, 2.05) is 0 Å². The maximum atomic E-state index is 12.7. The minimum absolute atomic E-state index is 0.0110. The van der Waals surface area contributed by atoms with Crippen LogP contribution in [-0.4, -0.2) is 49.1 Å². The molecule has 0 aromatic heterocycles. The summed E-state index contributed by atoms with van der Waals surface area (Å²) < 4.78 is 43.2. The third-order valence-corrected chi connectivity index (χ3v) is 3.51. The normalized spacial score (nSPS) is 18.6. The molecule has 1 atom stereocenters. The number of anilines is 1. The lowest BCUT2D eigenvalue weighted by atomic mass is 10.1. The van der Waals surface area contributed by atoms with Crippen LogP contribution in [0.5, 0.6) is 0 Å². The molecule has 1 unspecified atom stereocenters. The highest BCUT2D eigenvalue weighted by molar-refractivity contribution is 5.95. The quantitative estimate of drug-likeness (QED) is 0.840. The second kappa shape index (κ2) is 7.63. The molecule has 2 amide bonds. The van der Waals surface area contributed by atoms with E-state index in [9.17, 15) is 22.8 Å². The van der Waals surface area contributed by atoms with Crippen LogP contribution >= 0.6 is 0 Å². The van der Waals surface area contributed by atoms with Gasteiger partial charge in [-0.05, 0) is 18.2 Å². The van der Waals surface area contributed by atoms with Gasteiger partial charge in [0.25, 0.3) is 5.91 Å². The predicted octanol–water partition coefficient (Wildman–Crippen LogP) is 1.22. The molecule has 1 heterocycles. The zero-order chi connectivity index (χ0) is 17.7. The number of alkyl halides is 3. The lowest BCUT2D eigenvalue weighted by molar-refractivity contribution is -0.154. The van der Waals surface area contributed by atoms with Gasteiger partial charge in [-0.25, -0.2) is 0 Å². The molecule has 2 rings (SSSR count). The molecule has 1 fully saturated rings. The molecule has 1 saturated heterocycles. The summed E-state index contributed by atoms with van der Waals surface area (Å²) in [5, 5.41) is 2.35. The van der Waals surface area contributed by atoms with Gasteiger partial charge in [0, 0.05) is 25.3 Å². The molecule has 1 aromatic carbocycles. The number of amides is 2. The highest BCUT2D eigenvalue weighted by Gasteiger charge is 2.32. The van der Waals surface area contributed by atoms with Crippen molar-refractivity contribution in [2.75, 3.05) is 31.6 Å². The van der Waals surface area contributed by atoms with Gasteiger partial charge in [0.05, 0.1) is 18.6 Å². The standard InChI is InChI=1S/C15H18F3N3O3/c16-15(17,18)10-2-1-3-11(8-10)20-13(22)9-12-14(23)21(5-4-19)6-7-24-12/h1-3,8,12H,4-7,9,19H2,(H,20,22). The first-order chi connectivity index (χ1) is 11.3. The molecule has 1 aliphatic rings. The number of ether oxygens (including phenoxy) is 1. The SMILES string of the molecule is NCCN1CCOC(CC(=O)Nc2cccc(C(F)(F)F)c2)C1=O. The fourth-order valence-corrected chi connectivity index (χ4v) is 2.37. The van der Waals surface area contributed by atoms with Crippen LogP contribution in [0.1, 0.15) is 12.0 Å². The van der Waals surface area contributed by atoms with Crippen molar-refractivity contribution in [1.82, 2.24) is 4.90 Å². The Morgan fingerprint density at radius 1 is 1.42 bits per heavy atom. The third-order valence-electron chi connectivity index (χ3n) is 3.51. The molecule has 9 heteroatoms. The van der Waals surface area contributed by atoms with Crippen LogP contribution in [0, 0.1) is 0 Å². The number of nitrogens with two attached hydrogens (primary N) is 1. The number of nitrogens with zero attached hydrogens (tertiary/aromatic N) is 1. The van der Waals surface area contributed by atoms with Crippen molar-refractivity contribution in [2.24, 2.45) is 5.73 Å². The molecular formula is C15H18F3N3O3. The van der Waals surface area contributed by atoms with E-state index in [4.69, 9.17) is 10.5 Å². The molecule has 6 nitrogen and oxygen atoms in total. The van der Waals surface area contributed by atoms with Gasteiger partial charge in [0.1, 0.15) is 6.10 Å². The molecule has 24 heavy (non-hydrogen) atoms. The maximum absolute atomic E-state index is 12.7. The first-order valence-electron chi connectivity index (χ1n) is 7.39. The minimum Gasteiger partial charge on any atom is -0.366 e. The first-order valence-corrected chi connectivity index (χ1v) is 7.39. The van der Waals surface area contributed by atoms with Crippen LogP contribution in [0.4, 0.5) is 18.9 Å². The Bertz CT molecular complexity index is 605. The van der Waals surface area contributed by atoms with E-state index in [1.54, 1.807) is 0 Å². The number of morpholine rings is 1. The third kappa shape index (κ3) is 4.68. The zero-order valence-corrected chi connectivity index (χ0v) is 12.8. The maximum Gasteiger partial charge on any atom is 0.416 e. The fraction of sp³-hybridized carbons (Fsp3) is 0.467. The van der Waals surface area contributed by atoms with E-state index >= 15 is 0 Å². The Kier molecular flexibility index (Phi) is 5.79. The van der Waals surface area contributed by atoms with Gasteiger partial charge in [-0.3, -0.25) is 9.59 Å². The number of carbonyl (C=O) groups is 2.